The molecule has 0 aliphatic carbocycles. The summed E-state index contributed by atoms with van der Waals surface area (Å²) in [4.78, 5) is 18.4. The highest BCUT2D eigenvalue weighted by atomic mass is 32.1. The van der Waals surface area contributed by atoms with Gasteiger partial charge in [-0.2, -0.15) is 12.6 Å². The van der Waals surface area contributed by atoms with Gasteiger partial charge in [-0.3, -0.25) is 0 Å². The molecule has 6 heteroatoms. The summed E-state index contributed by atoms with van der Waals surface area (Å²) in [6.45, 7) is 0.631. The summed E-state index contributed by atoms with van der Waals surface area (Å²) in [7, 11) is 0. The van der Waals surface area contributed by atoms with E-state index in [1.54, 1.807) is 0 Å². The lowest BCUT2D eigenvalue weighted by Crippen LogP contribution is -1.97. The van der Waals surface area contributed by atoms with Gasteiger partial charge in [0, 0.05) is 44.3 Å². The Kier molecular flexibility index (Phi) is 8.80. The number of aromatic amines is 2. The van der Waals surface area contributed by atoms with E-state index in [0.29, 0.717) is 6.61 Å². The molecular weight excluding hydrogens is 669 g/mol. The van der Waals surface area contributed by atoms with E-state index < -0.39 is 0 Å². The van der Waals surface area contributed by atoms with Gasteiger partial charge in [0.25, 0.3) is 0 Å². The zero-order valence-corrected chi connectivity index (χ0v) is 29.9. The topological polar surface area (TPSA) is 66.6 Å². The van der Waals surface area contributed by atoms with Crippen LogP contribution in [0.1, 0.15) is 29.2 Å². The standard InChI is InChI=1S/C47H36N4OS/c53-30-10-29-52-35-19-17-34(18-20-35)47-42-27-25-40(50-42)45(32-13-6-2-7-14-32)38-23-21-36(48-38)44(31-11-4-1-5-12-31)37-22-24-39(49-37)46(33-15-8-3-9-16-33)41-26-28-43(47)51-41/h1-9,11-28,48,51,53H,10,29-30H2. The maximum Gasteiger partial charge on any atom is 0.119 e. The maximum absolute atomic E-state index is 5.99. The smallest absolute Gasteiger partial charge is 0.119 e. The van der Waals surface area contributed by atoms with Gasteiger partial charge in [-0.05, 0) is 95.1 Å². The summed E-state index contributed by atoms with van der Waals surface area (Å²) >= 11 is 4.33. The van der Waals surface area contributed by atoms with Gasteiger partial charge in [0.05, 0.1) is 29.4 Å². The fourth-order valence-corrected chi connectivity index (χ4v) is 7.34. The van der Waals surface area contributed by atoms with Crippen molar-refractivity contribution in [1.29, 1.82) is 0 Å². The number of thiol groups is 1. The van der Waals surface area contributed by atoms with Crippen molar-refractivity contribution in [2.45, 2.75) is 6.42 Å². The zero-order valence-electron chi connectivity index (χ0n) is 29.0. The van der Waals surface area contributed by atoms with E-state index in [4.69, 9.17) is 14.7 Å². The molecule has 4 aromatic carbocycles. The van der Waals surface area contributed by atoms with E-state index in [0.717, 1.165) is 107 Å². The molecule has 0 saturated carbocycles. The molecule has 0 spiro atoms. The average Bonchev–Trinajstić information content (AvgIpc) is 4.05. The van der Waals surface area contributed by atoms with Crippen LogP contribution < -0.4 is 4.74 Å². The van der Waals surface area contributed by atoms with Crippen LogP contribution in [-0.2, 0) is 0 Å². The third-order valence-corrected chi connectivity index (χ3v) is 9.97. The number of benzene rings is 4. The number of hydrogen-bond donors (Lipinski definition) is 3. The quantitative estimate of drug-likeness (QED) is 0.109. The van der Waals surface area contributed by atoms with Crippen molar-refractivity contribution in [2.24, 2.45) is 0 Å². The average molecular weight is 705 g/mol. The van der Waals surface area contributed by atoms with E-state index in [1.165, 1.54) is 0 Å². The minimum Gasteiger partial charge on any atom is -0.494 e. The molecule has 7 aromatic rings. The molecule has 0 atom stereocenters. The highest BCUT2D eigenvalue weighted by Crippen LogP contribution is 2.38. The van der Waals surface area contributed by atoms with E-state index >= 15 is 0 Å². The third kappa shape index (κ3) is 6.39. The van der Waals surface area contributed by atoms with Crippen molar-refractivity contribution in [3.8, 4) is 50.3 Å². The van der Waals surface area contributed by atoms with Gasteiger partial charge in [0.2, 0.25) is 0 Å². The Bertz CT molecular complexity index is 2620. The lowest BCUT2D eigenvalue weighted by Gasteiger charge is -2.08. The first-order valence-electron chi connectivity index (χ1n) is 17.9. The predicted octanol–water partition coefficient (Wildman–Crippen LogP) is 12.0. The number of fused-ring (bicyclic) bond motifs is 8. The fourth-order valence-electron chi connectivity index (χ4n) is 7.21. The molecule has 0 amide bonds. The molecule has 256 valence electrons. The van der Waals surface area contributed by atoms with Crippen molar-refractivity contribution < 1.29 is 4.74 Å². The normalized spacial score (nSPS) is 11.9. The molecule has 0 fully saturated rings. The first-order valence-corrected chi connectivity index (χ1v) is 18.5. The minimum atomic E-state index is 0.631. The molecule has 2 aliphatic heterocycles. The van der Waals surface area contributed by atoms with Gasteiger partial charge in [-0.25, -0.2) is 9.97 Å². The van der Waals surface area contributed by atoms with Gasteiger partial charge < -0.3 is 14.7 Å². The second kappa shape index (κ2) is 14.3. The molecule has 2 N–H and O–H groups in total. The number of H-pyrrole nitrogens is 2. The van der Waals surface area contributed by atoms with Crippen LogP contribution in [0, 0.1) is 0 Å². The first-order chi connectivity index (χ1) is 26.2. The molecule has 53 heavy (non-hydrogen) atoms. The van der Waals surface area contributed by atoms with Crippen LogP contribution in [0.2, 0.25) is 0 Å². The van der Waals surface area contributed by atoms with Crippen LogP contribution in [-0.4, -0.2) is 32.3 Å². The maximum atomic E-state index is 5.99. The van der Waals surface area contributed by atoms with Crippen LogP contribution in [0.15, 0.2) is 140 Å². The molecule has 5 nitrogen and oxygen atoms in total. The first kappa shape index (κ1) is 32.5. The molecule has 5 heterocycles. The number of nitrogens with zero attached hydrogens (tertiary/aromatic N) is 2. The van der Waals surface area contributed by atoms with Gasteiger partial charge in [0.15, 0.2) is 0 Å². The summed E-state index contributed by atoms with van der Waals surface area (Å²) < 4.78 is 5.99. The molecule has 8 bridgehead atoms. The molecular formula is C47H36N4OS. The Morgan fingerprint density at radius 3 is 1.09 bits per heavy atom. The summed E-state index contributed by atoms with van der Waals surface area (Å²) in [5, 5.41) is 0. The van der Waals surface area contributed by atoms with Gasteiger partial charge in [-0.1, -0.05) is 103 Å². The Morgan fingerprint density at radius 1 is 0.415 bits per heavy atom. The van der Waals surface area contributed by atoms with Crippen molar-refractivity contribution in [1.82, 2.24) is 19.9 Å². The molecule has 9 rings (SSSR count). The Balaban J connectivity index is 1.40. The number of ether oxygens (including phenoxy) is 1. The SMILES string of the molecule is SCCCOc1ccc(-c2c3nc(c(-c4ccccc4)c4ccc([nH]4)c(-c4ccccc4)c4nc(c(-c5ccccc5)c5ccc2[nH]5)C=C4)C=C3)cc1. The summed E-state index contributed by atoms with van der Waals surface area (Å²) in [6.07, 6.45) is 9.41. The number of hydrogen-bond acceptors (Lipinski definition) is 4. The second-order valence-electron chi connectivity index (χ2n) is 13.1. The van der Waals surface area contributed by atoms with E-state index in [-0.39, 0.29) is 0 Å². The summed E-state index contributed by atoms with van der Waals surface area (Å²) in [5.74, 6) is 1.62. The monoisotopic (exact) mass is 704 g/mol. The van der Waals surface area contributed by atoms with Crippen molar-refractivity contribution in [3.05, 3.63) is 162 Å². The van der Waals surface area contributed by atoms with Gasteiger partial charge in [-0.15, -0.1) is 0 Å². The molecule has 2 aliphatic rings. The number of aromatic nitrogens is 4. The van der Waals surface area contributed by atoms with Crippen LogP contribution >= 0.6 is 12.6 Å². The van der Waals surface area contributed by atoms with E-state index in [1.807, 2.05) is 30.3 Å². The number of nitrogens with one attached hydrogen (secondary N) is 2. The van der Waals surface area contributed by atoms with Crippen molar-refractivity contribution >= 4 is 59.0 Å². The molecule has 0 unspecified atom stereocenters. The Labute approximate surface area is 313 Å². The van der Waals surface area contributed by atoms with E-state index in [9.17, 15) is 0 Å². The lowest BCUT2D eigenvalue weighted by atomic mass is 10.0. The lowest BCUT2D eigenvalue weighted by molar-refractivity contribution is 0.319. The Hall–Kier alpha value is -6.37. The van der Waals surface area contributed by atoms with Crippen LogP contribution in [0.25, 0.3) is 90.9 Å². The predicted molar refractivity (Wildman–Crippen MR) is 225 cm³/mol. The van der Waals surface area contributed by atoms with E-state index in [2.05, 4.69) is 156 Å². The highest BCUT2D eigenvalue weighted by molar-refractivity contribution is 7.80. The Morgan fingerprint density at radius 2 is 0.755 bits per heavy atom. The second-order valence-corrected chi connectivity index (χ2v) is 13.5. The highest BCUT2D eigenvalue weighted by Gasteiger charge is 2.18. The van der Waals surface area contributed by atoms with Crippen LogP contribution in [0.5, 0.6) is 5.75 Å². The zero-order chi connectivity index (χ0) is 35.6. The minimum absolute atomic E-state index is 0.631. The fraction of sp³-hybridized carbons (Fsp3) is 0.0638. The van der Waals surface area contributed by atoms with Gasteiger partial charge >= 0.3 is 0 Å². The third-order valence-electron chi connectivity index (χ3n) is 9.66. The number of rotatable bonds is 8. The summed E-state index contributed by atoms with van der Waals surface area (Å²) in [6, 6.07) is 48.4. The molecule has 0 saturated heterocycles. The van der Waals surface area contributed by atoms with Crippen molar-refractivity contribution in [2.75, 3.05) is 12.4 Å². The largest absolute Gasteiger partial charge is 0.494 e. The van der Waals surface area contributed by atoms with Crippen LogP contribution in [0.4, 0.5) is 0 Å². The van der Waals surface area contributed by atoms with Crippen molar-refractivity contribution in [3.63, 3.8) is 0 Å². The molecule has 3 aromatic heterocycles. The summed E-state index contributed by atoms with van der Waals surface area (Å²) in [5.41, 5.74) is 15.8. The molecule has 0 radical (unpaired) electrons. The van der Waals surface area contributed by atoms with Crippen LogP contribution in [0.3, 0.4) is 0 Å². The van der Waals surface area contributed by atoms with Gasteiger partial charge in [0.1, 0.15) is 5.75 Å².